The number of carbonyl (C=O) groups is 2. The summed E-state index contributed by atoms with van der Waals surface area (Å²) in [4.78, 5) is 25.6. The Labute approximate surface area is 157 Å². The third-order valence-corrected chi connectivity index (χ3v) is 8.00. The molecule has 8 atom stereocenters. The third-order valence-electron chi connectivity index (χ3n) is 5.66. The molecule has 0 aromatic carbocycles. The summed E-state index contributed by atoms with van der Waals surface area (Å²) in [5.74, 6) is -0.461. The average molecular weight is 407 g/mol. The molecule has 3 saturated heterocycles. The van der Waals surface area contributed by atoms with Crippen molar-refractivity contribution in [3.05, 3.63) is 0 Å². The highest BCUT2D eigenvalue weighted by molar-refractivity contribution is 8.00. The lowest BCUT2D eigenvalue weighted by Gasteiger charge is -2.46. The van der Waals surface area contributed by atoms with E-state index < -0.39 is 28.3 Å². The van der Waals surface area contributed by atoms with Crippen LogP contribution in [0, 0.1) is 11.8 Å². The normalized spacial score (nSPS) is 41.0. The standard InChI is InChI=1S/C15H26N4O5S2/c1-7-13-12(8(2)21)15(22)19(13)11(6-20)14(7)25-10-3-9(17-5-10)4-18-26(16,23)24/h6-14,17-18,21H,3-5H2,1-2H3,(H2,16,23,24)/t7-,8-,9+,10+,11?,12-,13-,14?/m1/s1. The van der Waals surface area contributed by atoms with Gasteiger partial charge in [-0.25, -0.2) is 9.86 Å². The topological polar surface area (TPSA) is 142 Å². The SMILES string of the molecule is C[C@@H](O)[C@H]1C(=O)N2C(C=O)C(S[C@@H]3CN[C@H](CNS(N)(=O)=O)C3)[C@H](C)[C@H]12. The van der Waals surface area contributed by atoms with E-state index >= 15 is 0 Å². The van der Waals surface area contributed by atoms with Gasteiger partial charge >= 0.3 is 0 Å². The molecule has 0 saturated carbocycles. The second kappa shape index (κ2) is 7.36. The van der Waals surface area contributed by atoms with Crippen molar-refractivity contribution in [2.45, 2.75) is 55.0 Å². The van der Waals surface area contributed by atoms with Gasteiger partial charge in [-0.1, -0.05) is 6.92 Å². The Bertz CT molecular complexity index is 673. The average Bonchev–Trinajstić information content (AvgIpc) is 3.07. The molecule has 26 heavy (non-hydrogen) atoms. The molecule has 3 aliphatic heterocycles. The molecular formula is C15H26N4O5S2. The van der Waals surface area contributed by atoms with Gasteiger partial charge in [0.05, 0.1) is 24.1 Å². The lowest BCUT2D eigenvalue weighted by Crippen LogP contribution is -2.64. The lowest BCUT2D eigenvalue weighted by molar-refractivity contribution is -0.165. The highest BCUT2D eigenvalue weighted by atomic mass is 32.2. The smallest absolute Gasteiger partial charge is 0.274 e. The van der Waals surface area contributed by atoms with Crippen molar-refractivity contribution in [1.82, 2.24) is 14.9 Å². The maximum atomic E-state index is 12.3. The van der Waals surface area contributed by atoms with Crippen LogP contribution in [0.3, 0.4) is 0 Å². The zero-order valence-corrected chi connectivity index (χ0v) is 16.4. The predicted molar refractivity (Wildman–Crippen MR) is 97.5 cm³/mol. The van der Waals surface area contributed by atoms with Gasteiger partial charge in [-0.3, -0.25) is 4.79 Å². The van der Waals surface area contributed by atoms with Crippen LogP contribution in [0.25, 0.3) is 0 Å². The first-order valence-corrected chi connectivity index (χ1v) is 11.2. The number of thioether (sulfide) groups is 1. The maximum Gasteiger partial charge on any atom is 0.274 e. The number of carbonyl (C=O) groups excluding carboxylic acids is 2. The molecule has 3 rings (SSSR count). The highest BCUT2D eigenvalue weighted by Crippen LogP contribution is 2.49. The second-order valence-corrected chi connectivity index (χ2v) is 10.3. The minimum atomic E-state index is -3.71. The summed E-state index contributed by atoms with van der Waals surface area (Å²) in [5, 5.41) is 18.3. The van der Waals surface area contributed by atoms with E-state index in [0.29, 0.717) is 6.54 Å². The molecule has 148 valence electrons. The van der Waals surface area contributed by atoms with E-state index in [0.717, 1.165) is 12.7 Å². The number of nitrogens with two attached hydrogens (primary N) is 1. The molecule has 3 aliphatic rings. The summed E-state index contributed by atoms with van der Waals surface area (Å²) in [6, 6.07) is -0.574. The van der Waals surface area contributed by atoms with Crippen molar-refractivity contribution in [2.24, 2.45) is 17.0 Å². The maximum absolute atomic E-state index is 12.3. The summed E-state index contributed by atoms with van der Waals surface area (Å²) in [7, 11) is -3.71. The van der Waals surface area contributed by atoms with Crippen LogP contribution in [0.15, 0.2) is 0 Å². The van der Waals surface area contributed by atoms with Crippen molar-refractivity contribution in [2.75, 3.05) is 13.1 Å². The highest BCUT2D eigenvalue weighted by Gasteiger charge is 2.62. The molecular weight excluding hydrogens is 380 g/mol. The zero-order valence-electron chi connectivity index (χ0n) is 14.7. The third kappa shape index (κ3) is 3.65. The fraction of sp³-hybridized carbons (Fsp3) is 0.867. The Morgan fingerprint density at radius 2 is 2.23 bits per heavy atom. The van der Waals surface area contributed by atoms with Crippen LogP contribution in [0.1, 0.15) is 20.3 Å². The largest absolute Gasteiger partial charge is 0.393 e. The number of β-lactam (4-membered cyclic amide) rings is 1. The number of hydrogen-bond acceptors (Lipinski definition) is 7. The summed E-state index contributed by atoms with van der Waals surface area (Å²) in [6.45, 7) is 4.58. The van der Waals surface area contributed by atoms with Crippen LogP contribution in [0.2, 0.25) is 0 Å². The number of rotatable bonds is 7. The van der Waals surface area contributed by atoms with Crippen molar-refractivity contribution >= 4 is 34.2 Å². The first-order valence-electron chi connectivity index (χ1n) is 8.75. The predicted octanol–water partition coefficient (Wildman–Crippen LogP) is -1.96. The molecule has 0 radical (unpaired) electrons. The van der Waals surface area contributed by atoms with E-state index in [-0.39, 0.29) is 41.0 Å². The Hall–Kier alpha value is -0.720. The summed E-state index contributed by atoms with van der Waals surface area (Å²) in [6.07, 6.45) is 0.872. The van der Waals surface area contributed by atoms with Gasteiger partial charge in [-0.05, 0) is 19.3 Å². The number of amides is 1. The van der Waals surface area contributed by atoms with Crippen molar-refractivity contribution < 1.29 is 23.1 Å². The quantitative estimate of drug-likeness (QED) is 0.284. The molecule has 0 aromatic rings. The lowest BCUT2D eigenvalue weighted by atomic mass is 9.79. The number of aliphatic hydroxyl groups excluding tert-OH is 1. The monoisotopic (exact) mass is 406 g/mol. The van der Waals surface area contributed by atoms with E-state index in [1.54, 1.807) is 23.6 Å². The van der Waals surface area contributed by atoms with Crippen LogP contribution in [0.5, 0.6) is 0 Å². The molecule has 0 aromatic heterocycles. The van der Waals surface area contributed by atoms with Gasteiger partial charge in [0.1, 0.15) is 6.29 Å². The van der Waals surface area contributed by atoms with Gasteiger partial charge in [0.25, 0.3) is 10.2 Å². The molecule has 11 heteroatoms. The van der Waals surface area contributed by atoms with E-state index in [1.165, 1.54) is 0 Å². The van der Waals surface area contributed by atoms with Gasteiger partial charge in [-0.15, -0.1) is 0 Å². The number of nitrogens with one attached hydrogen (secondary N) is 2. The van der Waals surface area contributed by atoms with E-state index in [1.807, 2.05) is 6.92 Å². The number of hydrogen-bond donors (Lipinski definition) is 4. The minimum absolute atomic E-state index is 0.0129. The molecule has 0 bridgehead atoms. The van der Waals surface area contributed by atoms with Crippen LogP contribution < -0.4 is 15.2 Å². The minimum Gasteiger partial charge on any atom is -0.393 e. The van der Waals surface area contributed by atoms with Crippen LogP contribution in [0.4, 0.5) is 0 Å². The first kappa shape index (κ1) is 20.0. The van der Waals surface area contributed by atoms with Gasteiger partial charge in [-0.2, -0.15) is 20.2 Å². The number of aliphatic hydroxyl groups is 1. The first-order chi connectivity index (χ1) is 12.1. The van der Waals surface area contributed by atoms with Crippen molar-refractivity contribution in [3.8, 4) is 0 Å². The molecule has 0 spiro atoms. The van der Waals surface area contributed by atoms with Crippen molar-refractivity contribution in [3.63, 3.8) is 0 Å². The molecule has 3 heterocycles. The van der Waals surface area contributed by atoms with E-state index in [2.05, 4.69) is 10.0 Å². The summed E-state index contributed by atoms with van der Waals surface area (Å²) >= 11 is 1.68. The Morgan fingerprint density at radius 3 is 2.81 bits per heavy atom. The van der Waals surface area contributed by atoms with Gasteiger partial charge < -0.3 is 20.1 Å². The van der Waals surface area contributed by atoms with E-state index in [4.69, 9.17) is 5.14 Å². The summed E-state index contributed by atoms with van der Waals surface area (Å²) < 4.78 is 24.3. The fourth-order valence-electron chi connectivity index (χ4n) is 4.47. The van der Waals surface area contributed by atoms with E-state index in [9.17, 15) is 23.1 Å². The Kier molecular flexibility index (Phi) is 5.67. The molecule has 3 fully saturated rings. The Balaban J connectivity index is 1.61. The zero-order chi connectivity index (χ0) is 19.2. The Morgan fingerprint density at radius 1 is 1.54 bits per heavy atom. The molecule has 0 aliphatic carbocycles. The molecule has 2 unspecified atom stereocenters. The van der Waals surface area contributed by atoms with Crippen LogP contribution >= 0.6 is 11.8 Å². The number of nitrogens with zero attached hydrogens (tertiary/aromatic N) is 1. The van der Waals surface area contributed by atoms with Crippen LogP contribution in [-0.2, 0) is 19.8 Å². The molecule has 1 amide bonds. The number of fused-ring (bicyclic) bond motifs is 1. The van der Waals surface area contributed by atoms with Gasteiger partial charge in [0, 0.05) is 29.6 Å². The van der Waals surface area contributed by atoms with Gasteiger partial charge in [0.2, 0.25) is 5.91 Å². The van der Waals surface area contributed by atoms with Gasteiger partial charge in [0.15, 0.2) is 0 Å². The second-order valence-electron chi connectivity index (χ2n) is 7.45. The number of aldehydes is 1. The summed E-state index contributed by atoms with van der Waals surface area (Å²) in [5.41, 5.74) is 0. The molecule has 9 nitrogen and oxygen atoms in total. The van der Waals surface area contributed by atoms with Crippen molar-refractivity contribution in [1.29, 1.82) is 0 Å². The fourth-order valence-corrected chi connectivity index (χ4v) is 6.64. The molecule has 5 N–H and O–H groups in total. The van der Waals surface area contributed by atoms with Crippen LogP contribution in [-0.4, -0.2) is 78.4 Å².